The fourth-order valence-corrected chi connectivity index (χ4v) is 5.43. The molecule has 4 aromatic carbocycles. The monoisotopic (exact) mass is 596 g/mol. The Bertz CT molecular complexity index is 1940. The highest BCUT2D eigenvalue weighted by molar-refractivity contribution is 5.93. The topological polar surface area (TPSA) is 145 Å². The van der Waals surface area contributed by atoms with Crippen LogP contribution in [0.15, 0.2) is 82.0 Å². The van der Waals surface area contributed by atoms with Crippen LogP contribution < -0.4 is 24.4 Å². The molecule has 0 bridgehead atoms. The van der Waals surface area contributed by atoms with E-state index >= 15 is 0 Å². The lowest BCUT2D eigenvalue weighted by Gasteiger charge is -2.28. The van der Waals surface area contributed by atoms with Gasteiger partial charge in [0.15, 0.2) is 28.4 Å². The fraction of sp³-hybridized carbons (Fsp3) is 0.176. The van der Waals surface area contributed by atoms with Crippen LogP contribution in [0.5, 0.6) is 40.2 Å². The number of esters is 1. The molecule has 1 aliphatic heterocycles. The number of phenolic OH excluding ortho intramolecular Hbond substituents is 3. The molecule has 1 unspecified atom stereocenters. The number of fused-ring (bicyclic) bond motifs is 3. The second-order valence-electron chi connectivity index (χ2n) is 10.2. The molecule has 10 heteroatoms. The maximum absolute atomic E-state index is 13.3. The van der Waals surface area contributed by atoms with Crippen LogP contribution in [0.25, 0.3) is 22.3 Å². The highest BCUT2D eigenvalue weighted by atomic mass is 16.5. The quantitative estimate of drug-likeness (QED) is 0.117. The van der Waals surface area contributed by atoms with Crippen molar-refractivity contribution < 1.29 is 43.5 Å². The number of phenols is 3. The minimum Gasteiger partial charge on any atom is -0.507 e. The molecule has 1 atom stereocenters. The summed E-state index contributed by atoms with van der Waals surface area (Å²) in [5.41, 5.74) is 1.77. The van der Waals surface area contributed by atoms with Crippen LogP contribution in [0.2, 0.25) is 0 Å². The Labute approximate surface area is 251 Å². The highest BCUT2D eigenvalue weighted by Gasteiger charge is 2.36. The standard InChI is InChI=1S/C34H28O10/c1-40-20-9-6-18(7-10-20)12-13-42-33-21(4-3-5-27(33)41-2)22-15-30(39)43-29-17-26(38)32-25(37)16-28(44-34(32)31(22)29)19-8-11-23(35)24(36)14-19/h3-11,14,16-17,22,35-36,38H,12-13,15H2,1-2H3. The van der Waals surface area contributed by atoms with E-state index in [9.17, 15) is 24.9 Å². The molecule has 3 N–H and O–H groups in total. The minimum absolute atomic E-state index is 0.0135. The van der Waals surface area contributed by atoms with E-state index in [0.29, 0.717) is 41.2 Å². The number of ether oxygens (including phenoxy) is 4. The molecule has 10 nitrogen and oxygen atoms in total. The van der Waals surface area contributed by atoms with E-state index in [4.69, 9.17) is 23.4 Å². The van der Waals surface area contributed by atoms with Gasteiger partial charge < -0.3 is 38.7 Å². The Kier molecular flexibility index (Phi) is 7.48. The van der Waals surface area contributed by atoms with Crippen LogP contribution in [0.1, 0.15) is 29.0 Å². The van der Waals surface area contributed by atoms with E-state index < -0.39 is 28.8 Å². The Balaban J connectivity index is 1.47. The van der Waals surface area contributed by atoms with Gasteiger partial charge >= 0.3 is 5.97 Å². The van der Waals surface area contributed by atoms with E-state index in [0.717, 1.165) is 11.3 Å². The summed E-state index contributed by atoms with van der Waals surface area (Å²) in [6, 6.07) is 19.4. The number of carbonyl (C=O) groups excluding carboxylic acids is 1. The zero-order valence-corrected chi connectivity index (χ0v) is 23.8. The number of aromatic hydroxyl groups is 3. The van der Waals surface area contributed by atoms with Crippen molar-refractivity contribution in [2.75, 3.05) is 20.8 Å². The van der Waals surface area contributed by atoms with Gasteiger partial charge in [0.2, 0.25) is 0 Å². The molecule has 0 saturated heterocycles. The number of para-hydroxylation sites is 1. The van der Waals surface area contributed by atoms with Gasteiger partial charge in [-0.05, 0) is 42.0 Å². The summed E-state index contributed by atoms with van der Waals surface area (Å²) in [7, 11) is 3.12. The average Bonchev–Trinajstić information content (AvgIpc) is 3.01. The second kappa shape index (κ2) is 11.6. The van der Waals surface area contributed by atoms with E-state index in [1.807, 2.05) is 24.3 Å². The molecule has 0 spiro atoms. The molecule has 0 fully saturated rings. The molecule has 0 saturated carbocycles. The molecular weight excluding hydrogens is 568 g/mol. The molecule has 5 aromatic rings. The Hall–Kier alpha value is -5.64. The molecule has 6 rings (SSSR count). The Morgan fingerprint density at radius 3 is 2.39 bits per heavy atom. The zero-order chi connectivity index (χ0) is 31.0. The second-order valence-corrected chi connectivity index (χ2v) is 10.2. The van der Waals surface area contributed by atoms with Gasteiger partial charge in [0.1, 0.15) is 34.0 Å². The molecule has 44 heavy (non-hydrogen) atoms. The van der Waals surface area contributed by atoms with Crippen molar-refractivity contribution in [3.05, 3.63) is 99.7 Å². The van der Waals surface area contributed by atoms with Gasteiger partial charge in [0.25, 0.3) is 0 Å². The van der Waals surface area contributed by atoms with Gasteiger partial charge in [-0.15, -0.1) is 0 Å². The molecule has 224 valence electrons. The van der Waals surface area contributed by atoms with Crippen molar-refractivity contribution >= 4 is 16.9 Å². The molecule has 1 aromatic heterocycles. The Morgan fingerprint density at radius 2 is 1.66 bits per heavy atom. The van der Waals surface area contributed by atoms with Crippen LogP contribution in [0.4, 0.5) is 0 Å². The van der Waals surface area contributed by atoms with Gasteiger partial charge in [-0.25, -0.2) is 0 Å². The summed E-state index contributed by atoms with van der Waals surface area (Å²) in [5.74, 6) is -0.677. The summed E-state index contributed by atoms with van der Waals surface area (Å²) in [5, 5.41) is 30.5. The number of carbonyl (C=O) groups is 1. The van der Waals surface area contributed by atoms with Crippen LogP contribution in [-0.2, 0) is 11.2 Å². The van der Waals surface area contributed by atoms with Crippen molar-refractivity contribution in [3.63, 3.8) is 0 Å². The van der Waals surface area contributed by atoms with E-state index in [2.05, 4.69) is 0 Å². The number of methoxy groups -OCH3 is 2. The van der Waals surface area contributed by atoms with Gasteiger partial charge in [-0.3, -0.25) is 9.59 Å². The first-order chi connectivity index (χ1) is 21.3. The van der Waals surface area contributed by atoms with Gasteiger partial charge in [-0.1, -0.05) is 24.3 Å². The molecular formula is C34H28O10. The van der Waals surface area contributed by atoms with Gasteiger partial charge in [-0.2, -0.15) is 0 Å². The van der Waals surface area contributed by atoms with Crippen molar-refractivity contribution in [2.24, 2.45) is 0 Å². The lowest BCUT2D eigenvalue weighted by Crippen LogP contribution is -2.22. The SMILES string of the molecule is COc1ccc(CCOc2c(OC)cccc2C2CC(=O)Oc3cc(O)c4c(=O)cc(-c5ccc(O)c(O)c5)oc4c32)cc1. The van der Waals surface area contributed by atoms with Crippen molar-refractivity contribution in [2.45, 2.75) is 18.8 Å². The normalized spacial score (nSPS) is 14.1. The predicted octanol–water partition coefficient (Wildman–Crippen LogP) is 5.66. The molecule has 1 aliphatic rings. The molecule has 2 heterocycles. The summed E-state index contributed by atoms with van der Waals surface area (Å²) >= 11 is 0. The lowest BCUT2D eigenvalue weighted by molar-refractivity contribution is -0.135. The van der Waals surface area contributed by atoms with E-state index in [-0.39, 0.29) is 34.6 Å². The van der Waals surface area contributed by atoms with Crippen LogP contribution in [0.3, 0.4) is 0 Å². The first kappa shape index (κ1) is 28.5. The van der Waals surface area contributed by atoms with E-state index in [1.54, 1.807) is 25.3 Å². The van der Waals surface area contributed by atoms with Gasteiger partial charge in [0.05, 0.1) is 27.2 Å². The highest BCUT2D eigenvalue weighted by Crippen LogP contribution is 2.49. The third kappa shape index (κ3) is 5.22. The van der Waals surface area contributed by atoms with Gasteiger partial charge in [0, 0.05) is 41.2 Å². The number of hydrogen-bond donors (Lipinski definition) is 3. The Morgan fingerprint density at radius 1 is 0.864 bits per heavy atom. The summed E-state index contributed by atoms with van der Waals surface area (Å²) in [6.07, 6.45) is 0.474. The summed E-state index contributed by atoms with van der Waals surface area (Å²) in [4.78, 5) is 26.2. The number of hydrogen-bond acceptors (Lipinski definition) is 10. The largest absolute Gasteiger partial charge is 0.507 e. The average molecular weight is 597 g/mol. The molecule has 0 aliphatic carbocycles. The predicted molar refractivity (Wildman–Crippen MR) is 160 cm³/mol. The zero-order valence-electron chi connectivity index (χ0n) is 23.8. The maximum atomic E-state index is 13.3. The lowest BCUT2D eigenvalue weighted by atomic mass is 9.84. The minimum atomic E-state index is -0.702. The van der Waals surface area contributed by atoms with Crippen molar-refractivity contribution in [1.82, 2.24) is 0 Å². The first-order valence-corrected chi connectivity index (χ1v) is 13.8. The van der Waals surface area contributed by atoms with Crippen molar-refractivity contribution in [1.29, 1.82) is 0 Å². The fourth-order valence-electron chi connectivity index (χ4n) is 5.43. The number of benzene rings is 4. The molecule has 0 radical (unpaired) electrons. The van der Waals surface area contributed by atoms with Crippen LogP contribution >= 0.6 is 0 Å². The third-order valence-corrected chi connectivity index (χ3v) is 7.59. The summed E-state index contributed by atoms with van der Waals surface area (Å²) in [6.45, 7) is 0.295. The number of rotatable bonds is 8. The first-order valence-electron chi connectivity index (χ1n) is 13.8. The summed E-state index contributed by atoms with van der Waals surface area (Å²) < 4.78 is 28.9. The maximum Gasteiger partial charge on any atom is 0.312 e. The van der Waals surface area contributed by atoms with Crippen LogP contribution in [-0.4, -0.2) is 42.1 Å². The van der Waals surface area contributed by atoms with E-state index in [1.165, 1.54) is 37.4 Å². The van der Waals surface area contributed by atoms with Crippen molar-refractivity contribution in [3.8, 4) is 51.6 Å². The molecule has 0 amide bonds. The van der Waals surface area contributed by atoms with Crippen LogP contribution in [0, 0.1) is 0 Å². The smallest absolute Gasteiger partial charge is 0.312 e. The third-order valence-electron chi connectivity index (χ3n) is 7.59.